The van der Waals surface area contributed by atoms with Gasteiger partial charge in [0.05, 0.1) is 4.92 Å². The summed E-state index contributed by atoms with van der Waals surface area (Å²) in [5.41, 5.74) is 2.57. The zero-order chi connectivity index (χ0) is 20.2. The minimum Gasteiger partial charge on any atom is -0.364 e. The molecule has 2 aromatic carbocycles. The van der Waals surface area contributed by atoms with Crippen molar-refractivity contribution in [1.29, 1.82) is 0 Å². The van der Waals surface area contributed by atoms with Crippen LogP contribution in [-0.2, 0) is 6.54 Å². The first-order valence-corrected chi connectivity index (χ1v) is 9.09. The van der Waals surface area contributed by atoms with Crippen LogP contribution in [0.15, 0.2) is 60.9 Å². The van der Waals surface area contributed by atoms with E-state index in [1.165, 1.54) is 18.5 Å². The van der Waals surface area contributed by atoms with Crippen molar-refractivity contribution in [3.05, 3.63) is 82.2 Å². The van der Waals surface area contributed by atoms with Gasteiger partial charge in [0.2, 0.25) is 0 Å². The number of H-pyrrole nitrogens is 1. The molecule has 0 fully saturated rings. The molecule has 0 aliphatic heterocycles. The second-order valence-corrected chi connectivity index (χ2v) is 6.58. The average molecular weight is 389 g/mol. The molecule has 146 valence electrons. The number of non-ortho nitro benzene ring substituents is 1. The molecule has 0 radical (unpaired) electrons. The van der Waals surface area contributed by atoms with Crippen LogP contribution >= 0.6 is 0 Å². The normalized spacial score (nSPS) is 11.9. The van der Waals surface area contributed by atoms with Gasteiger partial charge in [-0.25, -0.2) is 9.97 Å². The maximum Gasteiger partial charge on any atom is 0.269 e. The maximum atomic E-state index is 11.0. The summed E-state index contributed by atoms with van der Waals surface area (Å²) in [6, 6.07) is 16.6. The topological polar surface area (TPSA) is 122 Å². The molecule has 0 aliphatic carbocycles. The summed E-state index contributed by atoms with van der Waals surface area (Å²) in [6.45, 7) is 2.43. The van der Waals surface area contributed by atoms with Crippen molar-refractivity contribution in [2.45, 2.75) is 19.5 Å². The zero-order valence-electron chi connectivity index (χ0n) is 15.7. The van der Waals surface area contributed by atoms with Gasteiger partial charge >= 0.3 is 0 Å². The number of aromatic nitrogens is 4. The predicted octanol–water partition coefficient (Wildman–Crippen LogP) is 4.05. The lowest BCUT2D eigenvalue weighted by atomic mass is 10.1. The standard InChI is InChI=1S/C20H19N7O2/c1-13(15-7-3-2-4-8-15)24-18-17-19(25-26-20(17)23-12-22-18)21-11-14-6-5-9-16(10-14)27(28)29/h2-10,12-13H,11H2,1H3,(H3,21,22,23,24,25,26). The number of nitrogens with one attached hydrogen (secondary N) is 3. The Balaban J connectivity index is 1.58. The van der Waals surface area contributed by atoms with E-state index in [4.69, 9.17) is 0 Å². The van der Waals surface area contributed by atoms with Crippen molar-refractivity contribution in [1.82, 2.24) is 20.2 Å². The van der Waals surface area contributed by atoms with Crippen LogP contribution in [0.2, 0.25) is 0 Å². The second kappa shape index (κ2) is 7.93. The Labute approximate surface area is 166 Å². The van der Waals surface area contributed by atoms with E-state index in [1.54, 1.807) is 6.07 Å². The Morgan fingerprint density at radius 2 is 1.93 bits per heavy atom. The maximum absolute atomic E-state index is 11.0. The zero-order valence-corrected chi connectivity index (χ0v) is 15.7. The van der Waals surface area contributed by atoms with Crippen LogP contribution in [0.5, 0.6) is 0 Å². The fourth-order valence-corrected chi connectivity index (χ4v) is 3.09. The predicted molar refractivity (Wildman–Crippen MR) is 111 cm³/mol. The van der Waals surface area contributed by atoms with Gasteiger partial charge in [0.1, 0.15) is 17.5 Å². The van der Waals surface area contributed by atoms with E-state index in [9.17, 15) is 10.1 Å². The second-order valence-electron chi connectivity index (χ2n) is 6.58. The van der Waals surface area contributed by atoms with E-state index >= 15 is 0 Å². The number of nitrogens with zero attached hydrogens (tertiary/aromatic N) is 4. The molecular formula is C20H19N7O2. The molecule has 9 nitrogen and oxygen atoms in total. The summed E-state index contributed by atoms with van der Waals surface area (Å²) < 4.78 is 0. The molecule has 0 bridgehead atoms. The Morgan fingerprint density at radius 3 is 2.72 bits per heavy atom. The number of hydrogen-bond donors (Lipinski definition) is 3. The van der Waals surface area contributed by atoms with Gasteiger partial charge < -0.3 is 10.6 Å². The lowest BCUT2D eigenvalue weighted by Crippen LogP contribution is -2.09. The van der Waals surface area contributed by atoms with Crippen molar-refractivity contribution < 1.29 is 4.92 Å². The Morgan fingerprint density at radius 1 is 1.10 bits per heavy atom. The molecule has 4 aromatic rings. The van der Waals surface area contributed by atoms with Crippen LogP contribution in [0.3, 0.4) is 0 Å². The van der Waals surface area contributed by atoms with E-state index in [1.807, 2.05) is 36.4 Å². The van der Waals surface area contributed by atoms with E-state index in [0.29, 0.717) is 23.8 Å². The van der Waals surface area contributed by atoms with Crippen LogP contribution in [0.1, 0.15) is 24.1 Å². The van der Waals surface area contributed by atoms with E-state index in [-0.39, 0.29) is 11.7 Å². The third-order valence-corrected chi connectivity index (χ3v) is 4.59. The first-order valence-electron chi connectivity index (χ1n) is 9.09. The molecule has 0 spiro atoms. The summed E-state index contributed by atoms with van der Waals surface area (Å²) in [5.74, 6) is 1.23. The van der Waals surface area contributed by atoms with Gasteiger partial charge in [0.25, 0.3) is 5.69 Å². The molecule has 4 rings (SSSR count). The number of nitro benzene ring substituents is 1. The molecular weight excluding hydrogens is 370 g/mol. The molecule has 29 heavy (non-hydrogen) atoms. The van der Waals surface area contributed by atoms with E-state index < -0.39 is 4.92 Å². The third kappa shape index (κ3) is 3.98. The smallest absolute Gasteiger partial charge is 0.269 e. The Bertz CT molecular complexity index is 1140. The molecule has 1 atom stereocenters. The molecule has 1 unspecified atom stereocenters. The Hall–Kier alpha value is -4.01. The highest BCUT2D eigenvalue weighted by molar-refractivity contribution is 5.96. The molecule has 3 N–H and O–H groups in total. The minimum absolute atomic E-state index is 0.0359. The van der Waals surface area contributed by atoms with Crippen molar-refractivity contribution in [2.24, 2.45) is 0 Å². The van der Waals surface area contributed by atoms with Crippen LogP contribution < -0.4 is 10.6 Å². The molecule has 0 amide bonds. The highest BCUT2D eigenvalue weighted by Gasteiger charge is 2.15. The van der Waals surface area contributed by atoms with Crippen LogP contribution in [0, 0.1) is 10.1 Å². The monoisotopic (exact) mass is 389 g/mol. The lowest BCUT2D eigenvalue weighted by molar-refractivity contribution is -0.384. The highest BCUT2D eigenvalue weighted by Crippen LogP contribution is 2.28. The minimum atomic E-state index is -0.408. The first-order chi connectivity index (χ1) is 14.1. The van der Waals surface area contributed by atoms with Crippen LogP contribution in [0.4, 0.5) is 17.3 Å². The van der Waals surface area contributed by atoms with Crippen molar-refractivity contribution in [2.75, 3.05) is 10.6 Å². The van der Waals surface area contributed by atoms with Crippen LogP contribution in [0.25, 0.3) is 11.0 Å². The summed E-state index contributed by atoms with van der Waals surface area (Å²) in [7, 11) is 0. The number of hydrogen-bond acceptors (Lipinski definition) is 7. The van der Waals surface area contributed by atoms with Gasteiger partial charge in [-0.05, 0) is 18.1 Å². The van der Waals surface area contributed by atoms with Crippen molar-refractivity contribution in [3.8, 4) is 0 Å². The van der Waals surface area contributed by atoms with E-state index in [2.05, 4.69) is 37.7 Å². The molecule has 0 aliphatic rings. The summed E-state index contributed by atoms with van der Waals surface area (Å²) in [4.78, 5) is 19.2. The SMILES string of the molecule is CC(Nc1ncnc2[nH]nc(NCc3cccc([N+](=O)[O-])c3)c12)c1ccccc1. The lowest BCUT2D eigenvalue weighted by Gasteiger charge is -2.15. The largest absolute Gasteiger partial charge is 0.364 e. The average Bonchev–Trinajstić information content (AvgIpc) is 3.17. The van der Waals surface area contributed by atoms with Gasteiger partial charge in [-0.2, -0.15) is 5.10 Å². The number of rotatable bonds is 7. The number of aromatic amines is 1. The van der Waals surface area contributed by atoms with Crippen molar-refractivity contribution in [3.63, 3.8) is 0 Å². The fourth-order valence-electron chi connectivity index (χ4n) is 3.09. The van der Waals surface area contributed by atoms with E-state index in [0.717, 1.165) is 16.5 Å². The first kappa shape index (κ1) is 18.4. The van der Waals surface area contributed by atoms with Crippen molar-refractivity contribution >= 4 is 28.4 Å². The number of benzene rings is 2. The number of anilines is 2. The summed E-state index contributed by atoms with van der Waals surface area (Å²) >= 11 is 0. The molecule has 0 saturated heterocycles. The molecule has 2 aromatic heterocycles. The Kier molecular flexibility index (Phi) is 5.02. The molecule has 0 saturated carbocycles. The van der Waals surface area contributed by atoms with Gasteiger partial charge in [0.15, 0.2) is 11.5 Å². The molecule has 2 heterocycles. The quantitative estimate of drug-likeness (QED) is 0.322. The van der Waals surface area contributed by atoms with Gasteiger partial charge in [-0.15, -0.1) is 0 Å². The molecule has 9 heteroatoms. The van der Waals surface area contributed by atoms with Gasteiger partial charge in [-0.3, -0.25) is 15.2 Å². The number of nitro groups is 1. The van der Waals surface area contributed by atoms with Gasteiger partial charge in [-0.1, -0.05) is 42.5 Å². The van der Waals surface area contributed by atoms with Crippen LogP contribution in [-0.4, -0.2) is 25.1 Å². The summed E-state index contributed by atoms with van der Waals surface area (Å²) in [5, 5.41) is 25.5. The fraction of sp³-hybridized carbons (Fsp3) is 0.150. The third-order valence-electron chi connectivity index (χ3n) is 4.59. The highest BCUT2D eigenvalue weighted by atomic mass is 16.6. The van der Waals surface area contributed by atoms with Gasteiger partial charge in [0, 0.05) is 24.7 Å². The summed E-state index contributed by atoms with van der Waals surface area (Å²) in [6.07, 6.45) is 1.48. The number of fused-ring (bicyclic) bond motifs is 1.